The maximum Gasteiger partial charge on any atom is 0.416 e. The molecule has 0 unspecified atom stereocenters. The van der Waals surface area contributed by atoms with E-state index in [1.807, 2.05) is 91.0 Å². The van der Waals surface area contributed by atoms with Crippen LogP contribution in [-0.4, -0.2) is 18.2 Å². The monoisotopic (exact) mass is 502 g/mol. The van der Waals surface area contributed by atoms with Gasteiger partial charge in [-0.3, -0.25) is 0 Å². The van der Waals surface area contributed by atoms with Crippen molar-refractivity contribution in [1.82, 2.24) is 0 Å². The Balaban J connectivity index is 0.000000259. The first-order chi connectivity index (χ1) is 14.8. The molecular formula is C25H21F3O2SiZn. The first-order valence-electron chi connectivity index (χ1n) is 9.57. The van der Waals surface area contributed by atoms with Crippen molar-refractivity contribution in [1.29, 1.82) is 0 Å². The third-order valence-electron chi connectivity index (χ3n) is 4.77. The zero-order chi connectivity index (χ0) is 22.3. The van der Waals surface area contributed by atoms with Gasteiger partial charge in [-0.2, -0.15) is 13.2 Å². The summed E-state index contributed by atoms with van der Waals surface area (Å²) in [6.45, 7) is 0. The first kappa shape index (κ1) is 25.5. The Morgan fingerprint density at radius 3 is 1.12 bits per heavy atom. The van der Waals surface area contributed by atoms with Gasteiger partial charge in [0.05, 0.1) is 5.56 Å². The molecule has 0 aromatic heterocycles. The van der Waals surface area contributed by atoms with E-state index in [1.165, 1.54) is 0 Å². The fourth-order valence-corrected chi connectivity index (χ4v) is 6.21. The van der Waals surface area contributed by atoms with Gasteiger partial charge in [0.2, 0.25) is 0 Å². The SMILES string of the molecule is O[Si](c1ccccc1)(c1ccccc1)c1ccccc1.Oc1ccc(C(F)(F)F)cc1.[Zn]. The molecule has 0 atom stereocenters. The topological polar surface area (TPSA) is 40.5 Å². The second-order valence-electron chi connectivity index (χ2n) is 6.85. The van der Waals surface area contributed by atoms with Gasteiger partial charge in [-0.15, -0.1) is 0 Å². The van der Waals surface area contributed by atoms with Gasteiger partial charge in [0, 0.05) is 19.5 Å². The molecule has 0 bridgehead atoms. The predicted molar refractivity (Wildman–Crippen MR) is 119 cm³/mol. The quantitative estimate of drug-likeness (QED) is 0.327. The van der Waals surface area contributed by atoms with Crippen LogP contribution in [0.1, 0.15) is 5.56 Å². The van der Waals surface area contributed by atoms with Gasteiger partial charge in [-0.05, 0) is 39.8 Å². The molecule has 7 heteroatoms. The molecule has 4 aromatic rings. The number of benzene rings is 4. The number of aromatic hydroxyl groups is 1. The van der Waals surface area contributed by atoms with Crippen molar-refractivity contribution in [3.05, 3.63) is 121 Å². The van der Waals surface area contributed by atoms with Crippen LogP contribution in [0.5, 0.6) is 5.75 Å². The van der Waals surface area contributed by atoms with Crippen LogP contribution in [0.25, 0.3) is 0 Å². The van der Waals surface area contributed by atoms with E-state index in [4.69, 9.17) is 5.11 Å². The van der Waals surface area contributed by atoms with Gasteiger partial charge in [-0.1, -0.05) is 91.0 Å². The molecule has 0 aliphatic rings. The van der Waals surface area contributed by atoms with E-state index in [0.29, 0.717) is 0 Å². The van der Waals surface area contributed by atoms with E-state index in [0.717, 1.165) is 39.8 Å². The molecule has 32 heavy (non-hydrogen) atoms. The molecule has 2 N–H and O–H groups in total. The average Bonchev–Trinajstić information content (AvgIpc) is 2.80. The molecule has 0 heterocycles. The van der Waals surface area contributed by atoms with Gasteiger partial charge in [0.15, 0.2) is 0 Å². The maximum atomic E-state index is 11.8. The molecule has 4 aromatic carbocycles. The van der Waals surface area contributed by atoms with Crippen molar-refractivity contribution in [2.75, 3.05) is 0 Å². The van der Waals surface area contributed by atoms with E-state index in [-0.39, 0.29) is 25.2 Å². The molecule has 2 nitrogen and oxygen atoms in total. The summed E-state index contributed by atoms with van der Waals surface area (Å²) in [6.07, 6.45) is -4.33. The Kier molecular flexibility index (Phi) is 8.96. The van der Waals surface area contributed by atoms with E-state index in [9.17, 15) is 18.0 Å². The van der Waals surface area contributed by atoms with Crippen molar-refractivity contribution in [2.45, 2.75) is 6.18 Å². The number of halogens is 3. The number of rotatable bonds is 3. The van der Waals surface area contributed by atoms with Gasteiger partial charge < -0.3 is 9.90 Å². The summed E-state index contributed by atoms with van der Waals surface area (Å²) >= 11 is 0. The molecular weight excluding hydrogens is 483 g/mol. The van der Waals surface area contributed by atoms with Crippen molar-refractivity contribution in [3.8, 4) is 5.75 Å². The Labute approximate surface area is 198 Å². The summed E-state index contributed by atoms with van der Waals surface area (Å²) in [7, 11) is -2.88. The zero-order valence-electron chi connectivity index (χ0n) is 17.2. The normalized spacial score (nSPS) is 11.0. The van der Waals surface area contributed by atoms with Crippen LogP contribution < -0.4 is 15.6 Å². The summed E-state index contributed by atoms with van der Waals surface area (Å²) in [4.78, 5) is 11.6. The number of phenolic OH excluding ortho intramolecular Hbond substituents is 1. The Bertz CT molecular complexity index is 978. The van der Waals surface area contributed by atoms with E-state index in [1.54, 1.807) is 0 Å². The van der Waals surface area contributed by atoms with Crippen molar-refractivity contribution in [2.24, 2.45) is 0 Å². The largest absolute Gasteiger partial charge is 0.508 e. The van der Waals surface area contributed by atoms with Gasteiger partial charge >= 0.3 is 6.18 Å². The Morgan fingerprint density at radius 2 is 0.844 bits per heavy atom. The summed E-state index contributed by atoms with van der Waals surface area (Å²) in [6, 6.07) is 33.6. The van der Waals surface area contributed by atoms with Gasteiger partial charge in [-0.25, -0.2) is 0 Å². The van der Waals surface area contributed by atoms with Crippen LogP contribution in [0.4, 0.5) is 13.2 Å². The Hall–Kier alpha value is -2.73. The minimum atomic E-state index is -4.33. The molecule has 0 aliphatic heterocycles. The fraction of sp³-hybridized carbons (Fsp3) is 0.0400. The van der Waals surface area contributed by atoms with Crippen molar-refractivity contribution in [3.63, 3.8) is 0 Å². The van der Waals surface area contributed by atoms with Crippen LogP contribution >= 0.6 is 0 Å². The smallest absolute Gasteiger partial charge is 0.416 e. The van der Waals surface area contributed by atoms with Crippen LogP contribution in [0, 0.1) is 0 Å². The average molecular weight is 504 g/mol. The minimum Gasteiger partial charge on any atom is -0.508 e. The molecule has 0 fully saturated rings. The summed E-state index contributed by atoms with van der Waals surface area (Å²) < 4.78 is 35.5. The van der Waals surface area contributed by atoms with Gasteiger partial charge in [0.1, 0.15) is 5.75 Å². The molecule has 4 rings (SSSR count). The third kappa shape index (κ3) is 6.16. The molecule has 0 saturated carbocycles. The number of phenols is 1. The van der Waals surface area contributed by atoms with Crippen LogP contribution in [0.3, 0.4) is 0 Å². The van der Waals surface area contributed by atoms with Crippen LogP contribution in [0.15, 0.2) is 115 Å². The number of alkyl halides is 3. The standard InChI is InChI=1S/C18H16OSi.C7H5F3O.Zn/c19-20(16-10-4-1-5-11-16,17-12-6-2-7-13-17)18-14-8-3-9-15-18;8-7(9,10)5-1-3-6(11)4-2-5;/h1-15,19H;1-4,11H;. The first-order valence-corrected chi connectivity index (χ1v) is 11.5. The molecule has 160 valence electrons. The number of hydrogen-bond acceptors (Lipinski definition) is 2. The second-order valence-corrected chi connectivity index (χ2v) is 10.0. The zero-order valence-corrected chi connectivity index (χ0v) is 21.2. The van der Waals surface area contributed by atoms with Crippen LogP contribution in [0.2, 0.25) is 0 Å². The fourth-order valence-electron chi connectivity index (χ4n) is 3.19. The molecule has 0 radical (unpaired) electrons. The van der Waals surface area contributed by atoms with E-state index < -0.39 is 20.1 Å². The van der Waals surface area contributed by atoms with Gasteiger partial charge in [0.25, 0.3) is 8.32 Å². The van der Waals surface area contributed by atoms with E-state index in [2.05, 4.69) is 0 Å². The predicted octanol–water partition coefficient (Wildman–Crippen LogP) is 4.05. The minimum absolute atomic E-state index is 0. The summed E-state index contributed by atoms with van der Waals surface area (Å²) in [5.74, 6) is -0.169. The number of hydrogen-bond donors (Lipinski definition) is 2. The van der Waals surface area contributed by atoms with E-state index >= 15 is 0 Å². The van der Waals surface area contributed by atoms with Crippen molar-refractivity contribution < 1.29 is 42.6 Å². The Morgan fingerprint density at radius 1 is 0.531 bits per heavy atom. The third-order valence-corrected chi connectivity index (χ3v) is 8.28. The molecule has 0 aliphatic carbocycles. The maximum absolute atomic E-state index is 11.8. The second kappa shape index (κ2) is 11.2. The van der Waals surface area contributed by atoms with Crippen molar-refractivity contribution >= 4 is 23.9 Å². The molecule has 0 spiro atoms. The summed E-state index contributed by atoms with van der Waals surface area (Å²) in [5.41, 5.74) is -0.754. The molecule has 0 amide bonds. The summed E-state index contributed by atoms with van der Waals surface area (Å²) in [5, 5.41) is 11.7. The molecule has 0 saturated heterocycles. The van der Waals surface area contributed by atoms with Crippen LogP contribution in [-0.2, 0) is 25.7 Å².